The molecule has 0 radical (unpaired) electrons. The molecule has 3 fully saturated rings. The van der Waals surface area contributed by atoms with Crippen LogP contribution >= 0.6 is 24.0 Å². The number of likely N-dealkylation sites (tertiary alicyclic amines) is 1. The van der Waals surface area contributed by atoms with Gasteiger partial charge in [0.25, 0.3) is 0 Å². The number of hydrogen-bond donors (Lipinski definition) is 1. The van der Waals surface area contributed by atoms with Gasteiger partial charge in [-0.1, -0.05) is 24.6 Å². The van der Waals surface area contributed by atoms with Crippen molar-refractivity contribution < 1.29 is 4.79 Å². The normalized spacial score (nSPS) is 20.7. The fourth-order valence-electron chi connectivity index (χ4n) is 4.90. The summed E-state index contributed by atoms with van der Waals surface area (Å²) >= 11 is 0. The number of benzene rings is 1. The third kappa shape index (κ3) is 5.39. The Hall–Kier alpha value is -1.51. The van der Waals surface area contributed by atoms with Crippen LogP contribution in [0.2, 0.25) is 0 Å². The highest BCUT2D eigenvalue weighted by molar-refractivity contribution is 14.0. The maximum absolute atomic E-state index is 12.7. The number of nitrogens with zero attached hydrogens (tertiary/aromatic N) is 4. The van der Waals surface area contributed by atoms with E-state index in [0.29, 0.717) is 18.4 Å². The van der Waals surface area contributed by atoms with Crippen molar-refractivity contribution in [2.75, 3.05) is 57.3 Å². The first-order valence-electron chi connectivity index (χ1n) is 11.3. The Kier molecular flexibility index (Phi) is 8.25. The largest absolute Gasteiger partial charge is 0.368 e. The molecule has 1 saturated carbocycles. The Balaban J connectivity index is 0.00000256. The average molecular weight is 525 g/mol. The minimum absolute atomic E-state index is 0. The molecule has 0 atom stereocenters. The summed E-state index contributed by atoms with van der Waals surface area (Å²) in [4.78, 5) is 24.2. The Morgan fingerprint density at radius 1 is 1.03 bits per heavy atom. The molecule has 1 amide bonds. The topological polar surface area (TPSA) is 51.2 Å². The Labute approximate surface area is 198 Å². The van der Waals surface area contributed by atoms with Gasteiger partial charge in [-0.2, -0.15) is 0 Å². The maximum atomic E-state index is 12.7. The van der Waals surface area contributed by atoms with Crippen molar-refractivity contribution in [1.29, 1.82) is 0 Å². The lowest BCUT2D eigenvalue weighted by Crippen LogP contribution is -2.49. The Morgan fingerprint density at radius 2 is 1.77 bits per heavy atom. The molecule has 6 nitrogen and oxygen atoms in total. The van der Waals surface area contributed by atoms with Crippen LogP contribution in [-0.2, 0) is 4.79 Å². The van der Waals surface area contributed by atoms with Gasteiger partial charge in [-0.15, -0.1) is 24.0 Å². The molecule has 166 valence electrons. The third-order valence-electron chi connectivity index (χ3n) is 6.83. The van der Waals surface area contributed by atoms with Crippen molar-refractivity contribution in [1.82, 2.24) is 15.1 Å². The van der Waals surface area contributed by atoms with Crippen molar-refractivity contribution >= 4 is 41.5 Å². The molecule has 0 bridgehead atoms. The number of guanidine groups is 1. The zero-order valence-corrected chi connectivity index (χ0v) is 20.5. The highest BCUT2D eigenvalue weighted by Gasteiger charge is 2.43. The molecule has 2 saturated heterocycles. The molecule has 3 aliphatic rings. The number of para-hydroxylation sites is 1. The molecule has 30 heavy (non-hydrogen) atoms. The number of amides is 1. The average Bonchev–Trinajstić information content (AvgIpc) is 3.20. The molecule has 4 rings (SSSR count). The zero-order valence-electron chi connectivity index (χ0n) is 18.2. The number of hydrogen-bond acceptors (Lipinski definition) is 3. The lowest BCUT2D eigenvalue weighted by Gasteiger charge is -2.38. The van der Waals surface area contributed by atoms with Crippen LogP contribution in [0.3, 0.4) is 0 Å². The molecule has 1 aromatic carbocycles. The smallest absolute Gasteiger partial charge is 0.224 e. The number of carbonyl (C=O) groups is 1. The minimum Gasteiger partial charge on any atom is -0.368 e. The number of piperazine rings is 1. The van der Waals surface area contributed by atoms with Gasteiger partial charge in [-0.3, -0.25) is 9.79 Å². The minimum atomic E-state index is 0. The van der Waals surface area contributed by atoms with Crippen LogP contribution in [0.5, 0.6) is 0 Å². The van der Waals surface area contributed by atoms with Gasteiger partial charge in [0, 0.05) is 57.9 Å². The summed E-state index contributed by atoms with van der Waals surface area (Å²) in [7, 11) is 0. The predicted molar refractivity (Wildman–Crippen MR) is 134 cm³/mol. The molecular weight excluding hydrogens is 489 g/mol. The van der Waals surface area contributed by atoms with Crippen molar-refractivity contribution in [3.8, 4) is 0 Å². The molecule has 1 spiro atoms. The second kappa shape index (κ2) is 10.7. The third-order valence-corrected chi connectivity index (χ3v) is 6.83. The predicted octanol–water partition coefficient (Wildman–Crippen LogP) is 3.18. The van der Waals surface area contributed by atoms with Gasteiger partial charge in [-0.25, -0.2) is 0 Å². The summed E-state index contributed by atoms with van der Waals surface area (Å²) in [6.07, 6.45) is 5.92. The van der Waals surface area contributed by atoms with E-state index >= 15 is 0 Å². The lowest BCUT2D eigenvalue weighted by molar-refractivity contribution is -0.131. The first kappa shape index (κ1) is 23.2. The Bertz CT molecular complexity index is 714. The van der Waals surface area contributed by atoms with Crippen LogP contribution in [0.25, 0.3) is 0 Å². The quantitative estimate of drug-likeness (QED) is 0.365. The van der Waals surface area contributed by atoms with Gasteiger partial charge in [0.15, 0.2) is 5.96 Å². The van der Waals surface area contributed by atoms with Crippen molar-refractivity contribution in [3.63, 3.8) is 0 Å². The molecule has 1 aliphatic carbocycles. The standard InChI is InChI=1S/C23H35N5O.HI/c1-2-24-22(28-14-12-23(19-28)10-6-11-23)25-13-9-21(29)27-17-15-26(16-18-27)20-7-4-3-5-8-20;/h3-5,7-8H,2,6,9-19H2,1H3,(H,24,25);1H. The number of halogens is 1. The van der Waals surface area contributed by atoms with Crippen molar-refractivity contribution in [2.45, 2.75) is 39.0 Å². The second-order valence-corrected chi connectivity index (χ2v) is 8.71. The van der Waals surface area contributed by atoms with Crippen LogP contribution in [0.1, 0.15) is 39.0 Å². The van der Waals surface area contributed by atoms with Gasteiger partial charge >= 0.3 is 0 Å². The van der Waals surface area contributed by atoms with Crippen LogP contribution in [0, 0.1) is 5.41 Å². The first-order chi connectivity index (χ1) is 14.2. The number of rotatable bonds is 5. The van der Waals surface area contributed by atoms with E-state index in [0.717, 1.165) is 51.8 Å². The van der Waals surface area contributed by atoms with E-state index in [1.165, 1.54) is 31.4 Å². The van der Waals surface area contributed by atoms with Crippen molar-refractivity contribution in [2.24, 2.45) is 10.4 Å². The maximum Gasteiger partial charge on any atom is 0.224 e. The van der Waals surface area contributed by atoms with E-state index < -0.39 is 0 Å². The number of carbonyl (C=O) groups excluding carboxylic acids is 1. The second-order valence-electron chi connectivity index (χ2n) is 8.71. The van der Waals surface area contributed by atoms with E-state index in [2.05, 4.69) is 46.3 Å². The lowest BCUT2D eigenvalue weighted by atomic mass is 9.68. The highest BCUT2D eigenvalue weighted by Crippen LogP contribution is 2.47. The summed E-state index contributed by atoms with van der Waals surface area (Å²) < 4.78 is 0. The van der Waals surface area contributed by atoms with Crippen LogP contribution in [0.15, 0.2) is 35.3 Å². The van der Waals surface area contributed by atoms with Crippen LogP contribution in [0.4, 0.5) is 5.69 Å². The molecule has 2 aliphatic heterocycles. The molecule has 2 heterocycles. The summed E-state index contributed by atoms with van der Waals surface area (Å²) in [5.74, 6) is 1.23. The Morgan fingerprint density at radius 3 is 2.37 bits per heavy atom. The summed E-state index contributed by atoms with van der Waals surface area (Å²) in [5, 5.41) is 3.43. The fourth-order valence-corrected chi connectivity index (χ4v) is 4.90. The summed E-state index contributed by atoms with van der Waals surface area (Å²) in [5.41, 5.74) is 1.80. The molecule has 1 N–H and O–H groups in total. The van der Waals surface area contributed by atoms with Crippen LogP contribution < -0.4 is 10.2 Å². The van der Waals surface area contributed by atoms with E-state index in [1.54, 1.807) is 0 Å². The number of nitrogens with one attached hydrogen (secondary N) is 1. The monoisotopic (exact) mass is 525 g/mol. The molecular formula is C23H36IN5O. The van der Waals surface area contributed by atoms with Crippen molar-refractivity contribution in [3.05, 3.63) is 30.3 Å². The van der Waals surface area contributed by atoms with E-state index in [4.69, 9.17) is 4.99 Å². The SMILES string of the molecule is CCNC(=NCCC(=O)N1CCN(c2ccccc2)CC1)N1CCC2(CCC2)C1.I. The van der Waals surface area contributed by atoms with E-state index in [1.807, 2.05) is 11.0 Å². The zero-order chi connectivity index (χ0) is 20.1. The van der Waals surface area contributed by atoms with Gasteiger partial charge in [0.2, 0.25) is 5.91 Å². The number of anilines is 1. The molecule has 1 aromatic rings. The van der Waals surface area contributed by atoms with Gasteiger partial charge in [0.05, 0.1) is 6.54 Å². The molecule has 7 heteroatoms. The first-order valence-corrected chi connectivity index (χ1v) is 11.3. The van der Waals surface area contributed by atoms with Gasteiger partial charge in [-0.05, 0) is 43.7 Å². The fraction of sp³-hybridized carbons (Fsp3) is 0.652. The van der Waals surface area contributed by atoms with Crippen LogP contribution in [-0.4, -0.2) is 74.0 Å². The number of aliphatic imine (C=N–C) groups is 1. The molecule has 0 unspecified atom stereocenters. The van der Waals surface area contributed by atoms with E-state index in [9.17, 15) is 4.79 Å². The molecule has 0 aromatic heterocycles. The van der Waals surface area contributed by atoms with E-state index in [-0.39, 0.29) is 29.9 Å². The van der Waals surface area contributed by atoms with Gasteiger partial charge in [0.1, 0.15) is 0 Å². The summed E-state index contributed by atoms with van der Waals surface area (Å²) in [6, 6.07) is 10.5. The summed E-state index contributed by atoms with van der Waals surface area (Å²) in [6.45, 7) is 9.19. The van der Waals surface area contributed by atoms with Gasteiger partial charge < -0.3 is 20.0 Å². The highest BCUT2D eigenvalue weighted by atomic mass is 127.